The molecule has 0 aromatic carbocycles. The van der Waals surface area contributed by atoms with E-state index in [-0.39, 0.29) is 0 Å². The van der Waals surface area contributed by atoms with Gasteiger partial charge in [0.25, 0.3) is 0 Å². The normalized spacial score (nSPS) is 12.2. The van der Waals surface area contributed by atoms with Gasteiger partial charge in [0, 0.05) is 42.0 Å². The van der Waals surface area contributed by atoms with E-state index < -0.39 is 10.8 Å². The summed E-state index contributed by atoms with van der Waals surface area (Å²) in [6.45, 7) is 2.86. The molecule has 0 aliphatic carbocycles. The summed E-state index contributed by atoms with van der Waals surface area (Å²) in [6.07, 6.45) is 5.02. The maximum absolute atomic E-state index is 10.9. The maximum atomic E-state index is 10.9. The minimum absolute atomic E-state index is 0.721. The zero-order valence-electron chi connectivity index (χ0n) is 10.6. The molecule has 1 rings (SSSR count). The van der Waals surface area contributed by atoms with Crippen molar-refractivity contribution in [3.8, 4) is 0 Å². The number of anilines is 2. The van der Waals surface area contributed by atoms with Gasteiger partial charge in [-0.25, -0.2) is 9.97 Å². The van der Waals surface area contributed by atoms with Gasteiger partial charge in [-0.2, -0.15) is 0 Å². The maximum Gasteiger partial charge on any atom is 0.134 e. The Bertz CT molecular complexity index is 384. The van der Waals surface area contributed by atoms with Crippen molar-refractivity contribution in [2.75, 3.05) is 36.2 Å². The fourth-order valence-corrected chi connectivity index (χ4v) is 2.15. The zero-order chi connectivity index (χ0) is 12.7. The fourth-order valence-electron chi connectivity index (χ4n) is 1.60. The van der Waals surface area contributed by atoms with Gasteiger partial charge >= 0.3 is 0 Å². The lowest BCUT2D eigenvalue weighted by atomic mass is 10.2. The first-order chi connectivity index (χ1) is 8.19. The van der Waals surface area contributed by atoms with E-state index in [1.807, 2.05) is 7.05 Å². The van der Waals surface area contributed by atoms with Crippen LogP contribution < -0.4 is 10.6 Å². The van der Waals surface area contributed by atoms with Gasteiger partial charge in [-0.1, -0.05) is 6.92 Å². The second-order valence-corrected chi connectivity index (χ2v) is 5.27. The monoisotopic (exact) mass is 256 g/mol. The molecule has 1 aromatic rings. The third kappa shape index (κ3) is 4.30. The Morgan fingerprint density at radius 3 is 2.65 bits per heavy atom. The SMILES string of the molecule is CCc1c(NC)ncnc1NCCCS(C)=O. The average molecular weight is 256 g/mol. The van der Waals surface area contributed by atoms with E-state index in [4.69, 9.17) is 0 Å². The molecule has 1 unspecified atom stereocenters. The molecule has 0 spiro atoms. The van der Waals surface area contributed by atoms with Crippen molar-refractivity contribution in [2.45, 2.75) is 19.8 Å². The Morgan fingerprint density at radius 2 is 2.06 bits per heavy atom. The predicted octanol–water partition coefficient (Wildman–Crippen LogP) is 1.26. The van der Waals surface area contributed by atoms with Crippen molar-refractivity contribution in [3.63, 3.8) is 0 Å². The Hall–Kier alpha value is -1.17. The molecule has 17 heavy (non-hydrogen) atoms. The van der Waals surface area contributed by atoms with Gasteiger partial charge in [0.05, 0.1) is 0 Å². The second kappa shape index (κ2) is 7.21. The minimum atomic E-state index is -0.722. The molecule has 1 aromatic heterocycles. The molecule has 0 radical (unpaired) electrons. The standard InChI is InChI=1S/C11H20N4OS/c1-4-9-10(12-2)14-8-15-11(9)13-6-5-7-17(3)16/h8H,4-7H2,1-3H3,(H2,12,13,14,15). The van der Waals surface area contributed by atoms with Gasteiger partial charge < -0.3 is 10.6 Å². The van der Waals surface area contributed by atoms with Crippen LogP contribution in [-0.4, -0.2) is 39.8 Å². The van der Waals surface area contributed by atoms with E-state index in [0.717, 1.165) is 42.3 Å². The number of nitrogens with one attached hydrogen (secondary N) is 2. The van der Waals surface area contributed by atoms with E-state index in [0.29, 0.717) is 0 Å². The van der Waals surface area contributed by atoms with Crippen LogP contribution in [0.2, 0.25) is 0 Å². The highest BCUT2D eigenvalue weighted by Gasteiger charge is 2.07. The van der Waals surface area contributed by atoms with E-state index >= 15 is 0 Å². The molecule has 6 heteroatoms. The van der Waals surface area contributed by atoms with Gasteiger partial charge in [-0.05, 0) is 12.8 Å². The molecule has 0 aliphatic rings. The quantitative estimate of drug-likeness (QED) is 0.719. The molecule has 2 N–H and O–H groups in total. The number of aromatic nitrogens is 2. The Morgan fingerprint density at radius 1 is 1.35 bits per heavy atom. The van der Waals surface area contributed by atoms with Crippen LogP contribution in [0.5, 0.6) is 0 Å². The summed E-state index contributed by atoms with van der Waals surface area (Å²) in [5.74, 6) is 2.45. The van der Waals surface area contributed by atoms with Gasteiger partial charge in [0.2, 0.25) is 0 Å². The van der Waals surface area contributed by atoms with Crippen molar-refractivity contribution in [1.82, 2.24) is 9.97 Å². The van der Waals surface area contributed by atoms with Crippen LogP contribution in [-0.2, 0) is 17.2 Å². The van der Waals surface area contributed by atoms with E-state index in [1.54, 1.807) is 12.6 Å². The summed E-state index contributed by atoms with van der Waals surface area (Å²) in [7, 11) is 1.13. The predicted molar refractivity (Wildman–Crippen MR) is 73.0 cm³/mol. The highest BCUT2D eigenvalue weighted by atomic mass is 32.2. The van der Waals surface area contributed by atoms with Crippen molar-refractivity contribution in [2.24, 2.45) is 0 Å². The summed E-state index contributed by atoms with van der Waals surface area (Å²) in [4.78, 5) is 8.41. The molecule has 1 heterocycles. The first-order valence-corrected chi connectivity index (χ1v) is 7.47. The molecular formula is C11H20N4OS. The number of nitrogens with zero attached hydrogens (tertiary/aromatic N) is 2. The number of rotatable bonds is 7. The van der Waals surface area contributed by atoms with Crippen molar-refractivity contribution >= 4 is 22.4 Å². The Balaban J connectivity index is 2.60. The van der Waals surface area contributed by atoms with Gasteiger partial charge in [0.1, 0.15) is 18.0 Å². The zero-order valence-corrected chi connectivity index (χ0v) is 11.4. The highest BCUT2D eigenvalue weighted by molar-refractivity contribution is 7.84. The topological polar surface area (TPSA) is 66.9 Å². The minimum Gasteiger partial charge on any atom is -0.373 e. The van der Waals surface area contributed by atoms with E-state index in [1.165, 1.54) is 0 Å². The molecule has 96 valence electrons. The van der Waals surface area contributed by atoms with Gasteiger partial charge in [0.15, 0.2) is 0 Å². The summed E-state index contributed by atoms with van der Waals surface area (Å²) < 4.78 is 10.9. The second-order valence-electron chi connectivity index (χ2n) is 3.71. The molecule has 5 nitrogen and oxygen atoms in total. The summed E-state index contributed by atoms with van der Waals surface area (Å²) in [6, 6.07) is 0. The van der Waals surface area contributed by atoms with Gasteiger partial charge in [-0.15, -0.1) is 0 Å². The summed E-state index contributed by atoms with van der Waals surface area (Å²) >= 11 is 0. The largest absolute Gasteiger partial charge is 0.373 e. The molecule has 1 atom stereocenters. The smallest absolute Gasteiger partial charge is 0.134 e. The molecule has 0 aliphatic heterocycles. The summed E-state index contributed by atoms with van der Waals surface area (Å²) in [5.41, 5.74) is 1.09. The third-order valence-electron chi connectivity index (χ3n) is 2.44. The lowest BCUT2D eigenvalue weighted by Crippen LogP contribution is -2.11. The third-order valence-corrected chi connectivity index (χ3v) is 3.30. The van der Waals surface area contributed by atoms with Crippen molar-refractivity contribution in [3.05, 3.63) is 11.9 Å². The van der Waals surface area contributed by atoms with E-state index in [9.17, 15) is 4.21 Å². The van der Waals surface area contributed by atoms with Crippen LogP contribution in [0.4, 0.5) is 11.6 Å². The average Bonchev–Trinajstić information content (AvgIpc) is 2.33. The number of hydrogen-bond donors (Lipinski definition) is 2. The molecule has 0 fully saturated rings. The summed E-state index contributed by atoms with van der Waals surface area (Å²) in [5, 5.41) is 6.32. The Kier molecular flexibility index (Phi) is 5.90. The van der Waals surface area contributed by atoms with Crippen LogP contribution in [0.1, 0.15) is 18.9 Å². The molecule has 0 saturated carbocycles. The van der Waals surface area contributed by atoms with Crippen LogP contribution in [0, 0.1) is 0 Å². The van der Waals surface area contributed by atoms with Gasteiger partial charge in [-0.3, -0.25) is 4.21 Å². The highest BCUT2D eigenvalue weighted by Crippen LogP contribution is 2.19. The van der Waals surface area contributed by atoms with Crippen molar-refractivity contribution in [1.29, 1.82) is 0 Å². The lowest BCUT2D eigenvalue weighted by molar-refractivity contribution is 0.685. The van der Waals surface area contributed by atoms with Crippen LogP contribution >= 0.6 is 0 Å². The van der Waals surface area contributed by atoms with Crippen LogP contribution in [0.25, 0.3) is 0 Å². The fraction of sp³-hybridized carbons (Fsp3) is 0.636. The Labute approximate surface area is 105 Å². The first kappa shape index (κ1) is 13.9. The molecule has 0 amide bonds. The first-order valence-electron chi connectivity index (χ1n) is 5.74. The van der Waals surface area contributed by atoms with Crippen LogP contribution in [0.15, 0.2) is 6.33 Å². The molecule has 0 saturated heterocycles. The van der Waals surface area contributed by atoms with Crippen LogP contribution in [0.3, 0.4) is 0 Å². The molecule has 0 bridgehead atoms. The number of hydrogen-bond acceptors (Lipinski definition) is 5. The van der Waals surface area contributed by atoms with E-state index in [2.05, 4.69) is 27.5 Å². The molecular weight excluding hydrogens is 236 g/mol. The van der Waals surface area contributed by atoms with Crippen molar-refractivity contribution < 1.29 is 4.21 Å². The lowest BCUT2D eigenvalue weighted by Gasteiger charge is -2.12.